The van der Waals surface area contributed by atoms with Gasteiger partial charge in [0.05, 0.1) is 16.3 Å². The Morgan fingerprint density at radius 1 is 1.37 bits per heavy atom. The minimum absolute atomic E-state index is 0.0233. The van der Waals surface area contributed by atoms with Crippen molar-refractivity contribution in [3.05, 3.63) is 42.5 Å². The van der Waals surface area contributed by atoms with Crippen LogP contribution in [0, 0.1) is 0 Å². The molecule has 0 aliphatic carbocycles. The quantitative estimate of drug-likeness (QED) is 0.913. The van der Waals surface area contributed by atoms with Crippen LogP contribution in [-0.2, 0) is 9.84 Å². The van der Waals surface area contributed by atoms with E-state index in [0.717, 1.165) is 0 Å². The van der Waals surface area contributed by atoms with Gasteiger partial charge in [0.25, 0.3) is 0 Å². The van der Waals surface area contributed by atoms with Crippen molar-refractivity contribution < 1.29 is 18.3 Å². The van der Waals surface area contributed by atoms with E-state index in [4.69, 9.17) is 5.11 Å². The van der Waals surface area contributed by atoms with E-state index in [1.807, 2.05) is 0 Å². The van der Waals surface area contributed by atoms with E-state index in [2.05, 4.69) is 4.98 Å². The molecule has 19 heavy (non-hydrogen) atoms. The van der Waals surface area contributed by atoms with E-state index in [1.165, 1.54) is 23.2 Å². The Labute approximate surface area is 110 Å². The van der Waals surface area contributed by atoms with Gasteiger partial charge in [0.1, 0.15) is 6.33 Å². The number of carboxylic acids is 1. The Morgan fingerprint density at radius 3 is 2.63 bits per heavy atom. The fourth-order valence-electron chi connectivity index (χ4n) is 1.65. The molecule has 7 heteroatoms. The molecular weight excluding hydrogens is 268 g/mol. The Hall–Kier alpha value is -2.15. The lowest BCUT2D eigenvalue weighted by atomic mass is 10.3. The molecule has 6 nitrogen and oxygen atoms in total. The number of carbonyl (C=O) groups is 1. The average molecular weight is 280 g/mol. The third kappa shape index (κ3) is 2.50. The van der Waals surface area contributed by atoms with Crippen molar-refractivity contribution in [2.75, 3.05) is 5.75 Å². The van der Waals surface area contributed by atoms with Crippen LogP contribution in [0.1, 0.15) is 17.4 Å². The summed E-state index contributed by atoms with van der Waals surface area (Å²) in [6.07, 6.45) is 2.57. The van der Waals surface area contributed by atoms with E-state index in [-0.39, 0.29) is 16.3 Å². The zero-order chi connectivity index (χ0) is 14.0. The summed E-state index contributed by atoms with van der Waals surface area (Å²) in [6, 6.07) is 6.41. The zero-order valence-corrected chi connectivity index (χ0v) is 11.0. The van der Waals surface area contributed by atoms with Gasteiger partial charge in [-0.1, -0.05) is 19.1 Å². The summed E-state index contributed by atoms with van der Waals surface area (Å²) in [5.41, 5.74) is 0.257. The number of rotatable bonds is 4. The van der Waals surface area contributed by atoms with Crippen LogP contribution >= 0.6 is 0 Å². The molecule has 0 saturated carbocycles. The van der Waals surface area contributed by atoms with Gasteiger partial charge in [-0.25, -0.2) is 18.2 Å². The second-order valence-corrected chi connectivity index (χ2v) is 6.09. The monoisotopic (exact) mass is 280 g/mol. The maximum Gasteiger partial charge on any atom is 0.356 e. The molecule has 0 unspecified atom stereocenters. The van der Waals surface area contributed by atoms with Gasteiger partial charge in [-0.3, -0.25) is 0 Å². The predicted octanol–water partition coefficient (Wildman–Crippen LogP) is 1.36. The number of hydrogen-bond donors (Lipinski definition) is 1. The van der Waals surface area contributed by atoms with Crippen molar-refractivity contribution >= 4 is 15.8 Å². The van der Waals surface area contributed by atoms with Crippen LogP contribution in [0.5, 0.6) is 0 Å². The predicted molar refractivity (Wildman–Crippen MR) is 68.3 cm³/mol. The summed E-state index contributed by atoms with van der Waals surface area (Å²) in [5.74, 6) is -1.18. The summed E-state index contributed by atoms with van der Waals surface area (Å²) in [4.78, 5) is 14.7. The summed E-state index contributed by atoms with van der Waals surface area (Å²) in [6.45, 7) is 1.56. The number of carboxylic acid groups (broad SMARTS) is 1. The van der Waals surface area contributed by atoms with Gasteiger partial charge in [-0.15, -0.1) is 0 Å². The topological polar surface area (TPSA) is 89.3 Å². The number of imidazole rings is 1. The van der Waals surface area contributed by atoms with E-state index >= 15 is 0 Å². The van der Waals surface area contributed by atoms with Gasteiger partial charge in [-0.2, -0.15) is 0 Å². The van der Waals surface area contributed by atoms with E-state index in [9.17, 15) is 13.2 Å². The molecule has 1 aromatic carbocycles. The molecular formula is C12H12N2O4S. The molecule has 2 rings (SSSR count). The summed E-state index contributed by atoms with van der Waals surface area (Å²) in [7, 11) is -3.38. The smallest absolute Gasteiger partial charge is 0.356 e. The molecule has 1 N–H and O–H groups in total. The highest BCUT2D eigenvalue weighted by Gasteiger charge is 2.18. The molecule has 2 aromatic rings. The van der Waals surface area contributed by atoms with Crippen molar-refractivity contribution in [2.45, 2.75) is 11.8 Å². The number of sulfone groups is 1. The average Bonchev–Trinajstić information content (AvgIpc) is 2.88. The Bertz CT molecular complexity index is 719. The van der Waals surface area contributed by atoms with Crippen LogP contribution in [0.4, 0.5) is 0 Å². The molecule has 0 radical (unpaired) electrons. The Morgan fingerprint density at radius 2 is 2.05 bits per heavy atom. The highest BCUT2D eigenvalue weighted by Crippen LogP contribution is 2.21. The summed E-state index contributed by atoms with van der Waals surface area (Å²) < 4.78 is 25.4. The first kappa shape index (κ1) is 13.3. The second kappa shape index (κ2) is 4.85. The summed E-state index contributed by atoms with van der Waals surface area (Å²) in [5, 5.41) is 8.83. The number of aromatic nitrogens is 2. The molecule has 0 saturated heterocycles. The highest BCUT2D eigenvalue weighted by molar-refractivity contribution is 7.91. The molecule has 0 amide bonds. The van der Waals surface area contributed by atoms with Gasteiger partial charge in [0.15, 0.2) is 15.5 Å². The van der Waals surface area contributed by atoms with Crippen LogP contribution in [-0.4, -0.2) is 34.8 Å². The van der Waals surface area contributed by atoms with E-state index < -0.39 is 15.8 Å². The molecule has 0 atom stereocenters. The lowest BCUT2D eigenvalue weighted by molar-refractivity contribution is 0.0691. The molecule has 0 spiro atoms. The first-order chi connectivity index (χ1) is 8.95. The van der Waals surface area contributed by atoms with Crippen molar-refractivity contribution in [1.29, 1.82) is 0 Å². The molecule has 100 valence electrons. The highest BCUT2D eigenvalue weighted by atomic mass is 32.2. The van der Waals surface area contributed by atoms with Gasteiger partial charge in [0.2, 0.25) is 0 Å². The molecule has 1 aromatic heterocycles. The van der Waals surface area contributed by atoms with Gasteiger partial charge < -0.3 is 9.67 Å². The van der Waals surface area contributed by atoms with E-state index in [0.29, 0.717) is 5.69 Å². The lowest BCUT2D eigenvalue weighted by Gasteiger charge is -2.09. The molecule has 0 fully saturated rings. The molecule has 0 bridgehead atoms. The molecule has 0 aliphatic heterocycles. The first-order valence-corrected chi connectivity index (χ1v) is 7.20. The maximum absolute atomic E-state index is 12.0. The Kier molecular flexibility index (Phi) is 3.39. The van der Waals surface area contributed by atoms with Crippen molar-refractivity contribution in [3.63, 3.8) is 0 Å². The van der Waals surface area contributed by atoms with Crippen molar-refractivity contribution in [3.8, 4) is 5.69 Å². The van der Waals surface area contributed by atoms with Gasteiger partial charge >= 0.3 is 5.97 Å². The van der Waals surface area contributed by atoms with Crippen LogP contribution in [0.3, 0.4) is 0 Å². The number of benzene rings is 1. The third-order valence-corrected chi connectivity index (χ3v) is 4.44. The van der Waals surface area contributed by atoms with Gasteiger partial charge in [0, 0.05) is 6.20 Å². The lowest BCUT2D eigenvalue weighted by Crippen LogP contribution is -2.08. The fraction of sp³-hybridized carbons (Fsp3) is 0.167. The number of para-hydroxylation sites is 1. The van der Waals surface area contributed by atoms with Crippen LogP contribution in [0.25, 0.3) is 5.69 Å². The number of hydrogen-bond acceptors (Lipinski definition) is 4. The maximum atomic E-state index is 12.0. The third-order valence-electron chi connectivity index (χ3n) is 2.66. The number of nitrogens with zero attached hydrogens (tertiary/aromatic N) is 2. The second-order valence-electron chi connectivity index (χ2n) is 3.84. The Balaban J connectivity index is 2.59. The fourth-order valence-corrected chi connectivity index (χ4v) is 2.74. The number of aromatic carboxylic acids is 1. The minimum Gasteiger partial charge on any atom is -0.476 e. The zero-order valence-electron chi connectivity index (χ0n) is 10.1. The van der Waals surface area contributed by atoms with Crippen molar-refractivity contribution in [1.82, 2.24) is 9.55 Å². The standard InChI is InChI=1S/C12H12N2O4S/c1-2-19(17,18)11-6-4-3-5-10(11)14-7-9(12(15)16)13-8-14/h3-8H,2H2,1H3,(H,15,16). The minimum atomic E-state index is -3.38. The van der Waals surface area contributed by atoms with Crippen molar-refractivity contribution in [2.24, 2.45) is 0 Å². The normalized spacial score (nSPS) is 11.4. The van der Waals surface area contributed by atoms with Crippen LogP contribution < -0.4 is 0 Å². The summed E-state index contributed by atoms with van der Waals surface area (Å²) >= 11 is 0. The molecule has 0 aliphatic rings. The first-order valence-electron chi connectivity index (χ1n) is 5.55. The SMILES string of the molecule is CCS(=O)(=O)c1ccccc1-n1cnc(C(=O)O)c1. The largest absolute Gasteiger partial charge is 0.476 e. The van der Waals surface area contributed by atoms with Crippen LogP contribution in [0.15, 0.2) is 41.7 Å². The van der Waals surface area contributed by atoms with Gasteiger partial charge in [-0.05, 0) is 12.1 Å². The van der Waals surface area contributed by atoms with E-state index in [1.54, 1.807) is 25.1 Å². The van der Waals surface area contributed by atoms with Crippen LogP contribution in [0.2, 0.25) is 0 Å². The molecule has 1 heterocycles.